The number of hydrogen-bond donors (Lipinski definition) is 1. The molecule has 1 aliphatic heterocycles. The molecule has 1 fully saturated rings. The van der Waals surface area contributed by atoms with E-state index in [1.807, 2.05) is 0 Å². The zero-order chi connectivity index (χ0) is 14.0. The van der Waals surface area contributed by atoms with Gasteiger partial charge in [-0.15, -0.1) is 0 Å². The van der Waals surface area contributed by atoms with Crippen molar-refractivity contribution in [2.45, 2.75) is 25.3 Å². The molecular formula is C13H14F3NO2. The summed E-state index contributed by atoms with van der Waals surface area (Å²) in [5, 5.41) is 8.90. The molecular weight excluding hydrogens is 259 g/mol. The molecule has 0 bridgehead atoms. The zero-order valence-electron chi connectivity index (χ0n) is 10.2. The smallest absolute Gasteiger partial charge is 0.305 e. The number of benzene rings is 1. The van der Waals surface area contributed by atoms with Crippen molar-refractivity contribution in [2.24, 2.45) is 0 Å². The second-order valence-electron chi connectivity index (χ2n) is 4.64. The minimum absolute atomic E-state index is 0.0943. The number of likely N-dealkylation sites (tertiary alicyclic amines) is 1. The lowest BCUT2D eigenvalue weighted by molar-refractivity contribution is -0.138. The van der Waals surface area contributed by atoms with E-state index in [-0.39, 0.29) is 12.0 Å². The quantitative estimate of drug-likeness (QED) is 0.857. The van der Waals surface area contributed by atoms with Crippen LogP contribution >= 0.6 is 0 Å². The van der Waals surface area contributed by atoms with E-state index in [1.165, 1.54) is 0 Å². The molecule has 1 aromatic rings. The fourth-order valence-electron chi connectivity index (χ4n) is 2.45. The predicted octanol–water partition coefficient (Wildman–Crippen LogP) is 2.72. The molecule has 0 radical (unpaired) electrons. The third kappa shape index (κ3) is 3.07. The van der Waals surface area contributed by atoms with Gasteiger partial charge in [-0.3, -0.25) is 9.69 Å². The fourth-order valence-corrected chi connectivity index (χ4v) is 2.45. The molecule has 0 amide bonds. The van der Waals surface area contributed by atoms with Crippen molar-refractivity contribution in [3.05, 3.63) is 35.1 Å². The minimum atomic E-state index is -1.27. The van der Waals surface area contributed by atoms with E-state index in [0.29, 0.717) is 19.2 Å². The Labute approximate surface area is 108 Å². The summed E-state index contributed by atoms with van der Waals surface area (Å²) in [6, 6.07) is 0.474. The molecule has 1 atom stereocenters. The fraction of sp³-hybridized carbons (Fsp3) is 0.462. The van der Waals surface area contributed by atoms with E-state index in [2.05, 4.69) is 0 Å². The van der Waals surface area contributed by atoms with E-state index in [4.69, 9.17) is 5.11 Å². The predicted molar refractivity (Wildman–Crippen MR) is 62.1 cm³/mol. The highest BCUT2D eigenvalue weighted by Gasteiger charge is 2.28. The van der Waals surface area contributed by atoms with Crippen LogP contribution in [0.5, 0.6) is 0 Å². The Bertz CT molecular complexity index is 487. The van der Waals surface area contributed by atoms with Gasteiger partial charge in [0.2, 0.25) is 0 Å². The highest BCUT2D eigenvalue weighted by Crippen LogP contribution is 2.31. The lowest BCUT2D eigenvalue weighted by atomic mass is 10.0. The second kappa shape index (κ2) is 5.61. The van der Waals surface area contributed by atoms with Gasteiger partial charge < -0.3 is 5.11 Å². The third-order valence-electron chi connectivity index (χ3n) is 3.35. The van der Waals surface area contributed by atoms with Crippen LogP contribution in [0.2, 0.25) is 0 Å². The monoisotopic (exact) mass is 273 g/mol. The summed E-state index contributed by atoms with van der Waals surface area (Å²) in [4.78, 5) is 12.7. The minimum Gasteiger partial charge on any atom is -0.481 e. The van der Waals surface area contributed by atoms with Crippen molar-refractivity contribution in [3.63, 3.8) is 0 Å². The molecule has 19 heavy (non-hydrogen) atoms. The Morgan fingerprint density at radius 2 is 1.74 bits per heavy atom. The summed E-state index contributed by atoms with van der Waals surface area (Å²) in [7, 11) is 0. The SMILES string of the molecule is O=C(O)CC(c1cc(F)c(F)cc1F)N1CCCC1. The molecule has 6 heteroatoms. The third-order valence-corrected chi connectivity index (χ3v) is 3.35. The van der Waals surface area contributed by atoms with Crippen LogP contribution in [-0.4, -0.2) is 29.1 Å². The molecule has 0 aliphatic carbocycles. The van der Waals surface area contributed by atoms with Gasteiger partial charge in [-0.25, -0.2) is 13.2 Å². The maximum atomic E-state index is 13.8. The van der Waals surface area contributed by atoms with Gasteiger partial charge in [0.05, 0.1) is 6.42 Å². The van der Waals surface area contributed by atoms with Crippen molar-refractivity contribution in [1.82, 2.24) is 4.90 Å². The van der Waals surface area contributed by atoms with Crippen molar-refractivity contribution in [2.75, 3.05) is 13.1 Å². The van der Waals surface area contributed by atoms with Crippen LogP contribution < -0.4 is 0 Å². The maximum Gasteiger partial charge on any atom is 0.305 e. The van der Waals surface area contributed by atoms with Crippen LogP contribution in [0.4, 0.5) is 13.2 Å². The lowest BCUT2D eigenvalue weighted by Gasteiger charge is -2.27. The molecule has 104 valence electrons. The van der Waals surface area contributed by atoms with Gasteiger partial charge >= 0.3 is 5.97 Å². The average Bonchev–Trinajstić information content (AvgIpc) is 2.84. The summed E-state index contributed by atoms with van der Waals surface area (Å²) in [6.07, 6.45) is 1.45. The molecule has 0 saturated carbocycles. The molecule has 1 aromatic carbocycles. The number of rotatable bonds is 4. The average molecular weight is 273 g/mol. The maximum absolute atomic E-state index is 13.8. The highest BCUT2D eigenvalue weighted by atomic mass is 19.2. The van der Waals surface area contributed by atoms with Gasteiger partial charge in [0.1, 0.15) is 5.82 Å². The summed E-state index contributed by atoms with van der Waals surface area (Å²) in [5.74, 6) is -4.43. The molecule has 3 nitrogen and oxygen atoms in total. The standard InChI is InChI=1S/C13H14F3NO2/c14-9-6-11(16)10(15)5-8(9)12(7-13(18)19)17-3-1-2-4-17/h5-6,12H,1-4,7H2,(H,18,19). The summed E-state index contributed by atoms with van der Waals surface area (Å²) >= 11 is 0. The number of hydrogen-bond acceptors (Lipinski definition) is 2. The topological polar surface area (TPSA) is 40.5 Å². The van der Waals surface area contributed by atoms with Crippen molar-refractivity contribution in [3.8, 4) is 0 Å². The van der Waals surface area contributed by atoms with Gasteiger partial charge in [0, 0.05) is 17.7 Å². The van der Waals surface area contributed by atoms with Gasteiger partial charge in [0.25, 0.3) is 0 Å². The zero-order valence-corrected chi connectivity index (χ0v) is 10.2. The molecule has 2 rings (SSSR count). The first-order valence-electron chi connectivity index (χ1n) is 6.09. The van der Waals surface area contributed by atoms with Crippen molar-refractivity contribution in [1.29, 1.82) is 0 Å². The number of carboxylic acid groups (broad SMARTS) is 1. The lowest BCUT2D eigenvalue weighted by Crippen LogP contribution is -2.28. The van der Waals surface area contributed by atoms with E-state index < -0.39 is 29.5 Å². The Balaban J connectivity index is 2.36. The molecule has 0 aromatic heterocycles. The summed E-state index contributed by atoms with van der Waals surface area (Å²) in [6.45, 7) is 1.27. The first-order valence-corrected chi connectivity index (χ1v) is 6.09. The number of carbonyl (C=O) groups is 1. The normalized spacial score (nSPS) is 17.6. The Morgan fingerprint density at radius 1 is 1.16 bits per heavy atom. The Hall–Kier alpha value is -1.56. The first-order chi connectivity index (χ1) is 8.99. The van der Waals surface area contributed by atoms with Gasteiger partial charge in [-0.2, -0.15) is 0 Å². The van der Waals surface area contributed by atoms with Crippen LogP contribution in [0.1, 0.15) is 30.9 Å². The largest absolute Gasteiger partial charge is 0.481 e. The van der Waals surface area contributed by atoms with Crippen LogP contribution in [0.3, 0.4) is 0 Å². The van der Waals surface area contributed by atoms with Crippen molar-refractivity contribution < 1.29 is 23.1 Å². The van der Waals surface area contributed by atoms with E-state index in [0.717, 1.165) is 18.9 Å². The summed E-state index contributed by atoms with van der Waals surface area (Å²) in [5.41, 5.74) is -0.0943. The highest BCUT2D eigenvalue weighted by molar-refractivity contribution is 5.68. The molecule has 1 aliphatic rings. The van der Waals surface area contributed by atoms with Gasteiger partial charge in [-0.1, -0.05) is 0 Å². The summed E-state index contributed by atoms with van der Waals surface area (Å²) < 4.78 is 39.9. The van der Waals surface area contributed by atoms with Crippen LogP contribution in [-0.2, 0) is 4.79 Å². The molecule has 0 spiro atoms. The Morgan fingerprint density at radius 3 is 2.32 bits per heavy atom. The van der Waals surface area contributed by atoms with Crippen molar-refractivity contribution >= 4 is 5.97 Å². The molecule has 1 N–H and O–H groups in total. The number of aliphatic carboxylic acids is 1. The van der Waals surface area contributed by atoms with Crippen LogP contribution in [0.25, 0.3) is 0 Å². The molecule has 1 heterocycles. The van der Waals surface area contributed by atoms with Gasteiger partial charge in [-0.05, 0) is 32.0 Å². The van der Waals surface area contributed by atoms with E-state index in [1.54, 1.807) is 4.90 Å². The van der Waals surface area contributed by atoms with E-state index >= 15 is 0 Å². The van der Waals surface area contributed by atoms with E-state index in [9.17, 15) is 18.0 Å². The first kappa shape index (κ1) is 13.9. The number of carboxylic acids is 1. The Kier molecular flexibility index (Phi) is 4.09. The number of halogens is 3. The van der Waals surface area contributed by atoms with Gasteiger partial charge in [0.15, 0.2) is 11.6 Å². The molecule has 1 unspecified atom stereocenters. The number of nitrogens with zero attached hydrogens (tertiary/aromatic N) is 1. The van der Waals surface area contributed by atoms with Crippen LogP contribution in [0.15, 0.2) is 12.1 Å². The molecule has 1 saturated heterocycles. The second-order valence-corrected chi connectivity index (χ2v) is 4.64. The van der Waals surface area contributed by atoms with Crippen LogP contribution in [0, 0.1) is 17.5 Å².